The number of hydrogen-bond acceptors (Lipinski definition) is 7. The van der Waals surface area contributed by atoms with Crippen LogP contribution in [0.3, 0.4) is 0 Å². The highest BCUT2D eigenvalue weighted by Crippen LogP contribution is 2.34. The number of nitrogens with zero attached hydrogens (tertiary/aromatic N) is 5. The molecular weight excluding hydrogens is 461 g/mol. The van der Waals surface area contributed by atoms with Crippen molar-refractivity contribution in [3.63, 3.8) is 0 Å². The quantitative estimate of drug-likeness (QED) is 0.457. The molecule has 2 fully saturated rings. The van der Waals surface area contributed by atoms with Crippen molar-refractivity contribution < 1.29 is 18.0 Å². The van der Waals surface area contributed by atoms with Gasteiger partial charge in [-0.1, -0.05) is 6.92 Å². The fourth-order valence-electron chi connectivity index (χ4n) is 4.53. The van der Waals surface area contributed by atoms with Gasteiger partial charge in [0.25, 0.3) is 0 Å². The fourth-order valence-corrected chi connectivity index (χ4v) is 4.53. The molecule has 12 heteroatoms. The van der Waals surface area contributed by atoms with Gasteiger partial charge in [-0.25, -0.2) is 4.98 Å². The van der Waals surface area contributed by atoms with Crippen LogP contribution >= 0.6 is 0 Å². The standard InChI is InChI=1S/C23H33F3N8O/c1-2-18-19(15-34(32-18)16-7-10-27-11-8-16)30-22-29-14-17(23(24,25)26)21(31-22)28-9-5-13-33-12-4-3-6-20(33)35/h14-16,27H,2-13H2,1H3,(H2,28,29,30,31). The number of carbonyl (C=O) groups excluding carboxylic acids is 1. The van der Waals surface area contributed by atoms with E-state index < -0.39 is 11.7 Å². The second kappa shape index (κ2) is 11.2. The van der Waals surface area contributed by atoms with E-state index in [-0.39, 0.29) is 30.3 Å². The number of alkyl halides is 3. The molecule has 0 aliphatic carbocycles. The minimum Gasteiger partial charge on any atom is -0.369 e. The zero-order valence-corrected chi connectivity index (χ0v) is 20.0. The monoisotopic (exact) mass is 494 g/mol. The molecule has 35 heavy (non-hydrogen) atoms. The molecule has 192 valence electrons. The van der Waals surface area contributed by atoms with Crippen molar-refractivity contribution in [1.29, 1.82) is 0 Å². The van der Waals surface area contributed by atoms with Gasteiger partial charge in [-0.05, 0) is 51.6 Å². The highest BCUT2D eigenvalue weighted by molar-refractivity contribution is 5.76. The summed E-state index contributed by atoms with van der Waals surface area (Å²) in [7, 11) is 0. The molecule has 0 aromatic carbocycles. The summed E-state index contributed by atoms with van der Waals surface area (Å²) in [5.41, 5.74) is 0.589. The van der Waals surface area contributed by atoms with Crippen molar-refractivity contribution in [3.8, 4) is 0 Å². The summed E-state index contributed by atoms with van der Waals surface area (Å²) < 4.78 is 42.7. The number of hydrogen-bond donors (Lipinski definition) is 3. The summed E-state index contributed by atoms with van der Waals surface area (Å²) in [5.74, 6) is -0.0902. The smallest absolute Gasteiger partial charge is 0.369 e. The number of rotatable bonds is 9. The Hall–Kier alpha value is -2.89. The molecule has 0 spiro atoms. The third-order valence-electron chi connectivity index (χ3n) is 6.49. The maximum absolute atomic E-state index is 13.6. The maximum Gasteiger partial charge on any atom is 0.421 e. The van der Waals surface area contributed by atoms with Crippen LogP contribution in [0.4, 0.5) is 30.6 Å². The van der Waals surface area contributed by atoms with E-state index in [0.717, 1.165) is 50.7 Å². The normalized spacial score (nSPS) is 17.6. The van der Waals surface area contributed by atoms with Crippen LogP contribution in [0.2, 0.25) is 0 Å². The van der Waals surface area contributed by atoms with Crippen LogP contribution in [-0.4, -0.2) is 63.3 Å². The Morgan fingerprint density at radius 1 is 1.23 bits per heavy atom. The van der Waals surface area contributed by atoms with Gasteiger partial charge < -0.3 is 20.9 Å². The minimum absolute atomic E-state index is 0.0752. The molecule has 2 aromatic heterocycles. The predicted molar refractivity (Wildman–Crippen MR) is 127 cm³/mol. The number of likely N-dealkylation sites (tertiary alicyclic amines) is 1. The molecule has 2 aromatic rings. The summed E-state index contributed by atoms with van der Waals surface area (Å²) in [6.07, 6.45) is 3.64. The van der Waals surface area contributed by atoms with E-state index in [1.54, 1.807) is 4.90 Å². The Labute approximate surface area is 202 Å². The summed E-state index contributed by atoms with van der Waals surface area (Å²) in [6, 6.07) is 0.287. The van der Waals surface area contributed by atoms with E-state index in [4.69, 9.17) is 0 Å². The number of amides is 1. The Bertz CT molecular complexity index is 1000. The first-order valence-electron chi connectivity index (χ1n) is 12.4. The molecule has 2 aliphatic rings. The molecule has 0 saturated carbocycles. The largest absolute Gasteiger partial charge is 0.421 e. The number of piperidine rings is 2. The Morgan fingerprint density at radius 3 is 2.74 bits per heavy atom. The minimum atomic E-state index is -4.59. The van der Waals surface area contributed by atoms with Crippen LogP contribution in [-0.2, 0) is 17.4 Å². The van der Waals surface area contributed by atoms with Crippen molar-refractivity contribution in [2.75, 3.05) is 43.4 Å². The number of carbonyl (C=O) groups is 1. The lowest BCUT2D eigenvalue weighted by atomic mass is 10.1. The van der Waals surface area contributed by atoms with Crippen molar-refractivity contribution in [3.05, 3.63) is 23.7 Å². The van der Waals surface area contributed by atoms with E-state index in [0.29, 0.717) is 38.0 Å². The SMILES string of the molecule is CCc1nn(C2CCNCC2)cc1Nc1ncc(C(F)(F)F)c(NCCCN2CCCCC2=O)n1. The van der Waals surface area contributed by atoms with Gasteiger partial charge in [0.2, 0.25) is 11.9 Å². The van der Waals surface area contributed by atoms with Gasteiger partial charge in [0.05, 0.1) is 17.4 Å². The molecule has 0 unspecified atom stereocenters. The van der Waals surface area contributed by atoms with Crippen LogP contribution in [0.1, 0.15) is 62.7 Å². The van der Waals surface area contributed by atoms with Gasteiger partial charge in [0.15, 0.2) is 0 Å². The van der Waals surface area contributed by atoms with Crippen LogP contribution in [0, 0.1) is 0 Å². The molecule has 2 saturated heterocycles. The van der Waals surface area contributed by atoms with Gasteiger partial charge in [0, 0.05) is 38.4 Å². The molecule has 1 amide bonds. The molecule has 0 bridgehead atoms. The van der Waals surface area contributed by atoms with Crippen molar-refractivity contribution in [2.45, 2.75) is 64.1 Å². The first-order valence-corrected chi connectivity index (χ1v) is 12.4. The third-order valence-corrected chi connectivity index (χ3v) is 6.49. The average Bonchev–Trinajstić information content (AvgIpc) is 3.25. The zero-order chi connectivity index (χ0) is 24.8. The molecule has 0 radical (unpaired) electrons. The third kappa shape index (κ3) is 6.41. The number of anilines is 3. The second-order valence-electron chi connectivity index (χ2n) is 9.00. The average molecular weight is 495 g/mol. The first kappa shape index (κ1) is 25.2. The Kier molecular flexibility index (Phi) is 8.09. The molecular formula is C23H33F3N8O. The number of aromatic nitrogens is 4. The topological polar surface area (TPSA) is 100 Å². The number of halogens is 3. The second-order valence-corrected chi connectivity index (χ2v) is 9.00. The lowest BCUT2D eigenvalue weighted by Crippen LogP contribution is -2.36. The predicted octanol–water partition coefficient (Wildman–Crippen LogP) is 3.74. The molecule has 4 heterocycles. The van der Waals surface area contributed by atoms with Crippen LogP contribution in [0.15, 0.2) is 12.4 Å². The lowest BCUT2D eigenvalue weighted by molar-refractivity contribution is -0.137. The number of aryl methyl sites for hydroxylation is 1. The zero-order valence-electron chi connectivity index (χ0n) is 20.0. The van der Waals surface area contributed by atoms with Gasteiger partial charge >= 0.3 is 6.18 Å². The van der Waals surface area contributed by atoms with E-state index >= 15 is 0 Å². The van der Waals surface area contributed by atoms with Crippen LogP contribution in [0.25, 0.3) is 0 Å². The molecule has 4 rings (SSSR count). The van der Waals surface area contributed by atoms with E-state index in [9.17, 15) is 18.0 Å². The number of nitrogens with one attached hydrogen (secondary N) is 3. The summed E-state index contributed by atoms with van der Waals surface area (Å²) in [5, 5.41) is 13.9. The fraction of sp³-hybridized carbons (Fsp3) is 0.652. The van der Waals surface area contributed by atoms with Crippen LogP contribution in [0.5, 0.6) is 0 Å². The van der Waals surface area contributed by atoms with Crippen molar-refractivity contribution in [2.24, 2.45) is 0 Å². The van der Waals surface area contributed by atoms with Gasteiger partial charge in [0.1, 0.15) is 11.4 Å². The summed E-state index contributed by atoms with van der Waals surface area (Å²) in [6.45, 7) is 5.32. The molecule has 3 N–H and O–H groups in total. The summed E-state index contributed by atoms with van der Waals surface area (Å²) >= 11 is 0. The van der Waals surface area contributed by atoms with Gasteiger partial charge in [-0.15, -0.1) is 0 Å². The van der Waals surface area contributed by atoms with E-state index in [2.05, 4.69) is 31.0 Å². The molecule has 0 atom stereocenters. The molecule has 9 nitrogen and oxygen atoms in total. The van der Waals surface area contributed by atoms with E-state index in [1.165, 1.54) is 0 Å². The van der Waals surface area contributed by atoms with Gasteiger partial charge in [-0.3, -0.25) is 9.48 Å². The van der Waals surface area contributed by atoms with Crippen molar-refractivity contribution in [1.82, 2.24) is 30.0 Å². The summed E-state index contributed by atoms with van der Waals surface area (Å²) in [4.78, 5) is 21.8. The van der Waals surface area contributed by atoms with Crippen LogP contribution < -0.4 is 16.0 Å². The van der Waals surface area contributed by atoms with E-state index in [1.807, 2.05) is 17.8 Å². The highest BCUT2D eigenvalue weighted by Gasteiger charge is 2.35. The first-order chi connectivity index (χ1) is 16.8. The Balaban J connectivity index is 1.45. The highest BCUT2D eigenvalue weighted by atomic mass is 19.4. The maximum atomic E-state index is 13.6. The Morgan fingerprint density at radius 2 is 2.03 bits per heavy atom. The lowest BCUT2D eigenvalue weighted by Gasteiger charge is -2.26. The molecule has 2 aliphatic heterocycles. The van der Waals surface area contributed by atoms with Gasteiger partial charge in [-0.2, -0.15) is 23.3 Å². The van der Waals surface area contributed by atoms with Crippen molar-refractivity contribution >= 4 is 23.4 Å².